The van der Waals surface area contributed by atoms with Crippen molar-refractivity contribution in [3.8, 4) is 5.75 Å². The first-order chi connectivity index (χ1) is 14.9. The number of amides is 3. The summed E-state index contributed by atoms with van der Waals surface area (Å²) in [5, 5.41) is 2.83. The van der Waals surface area contributed by atoms with Crippen molar-refractivity contribution in [2.75, 3.05) is 17.3 Å². The number of rotatable bonds is 4. The minimum Gasteiger partial charge on any atom is -0.497 e. The molecule has 0 radical (unpaired) electrons. The highest BCUT2D eigenvalue weighted by atomic mass is 79.9. The first kappa shape index (κ1) is 20.7. The summed E-state index contributed by atoms with van der Waals surface area (Å²) in [4.78, 5) is 40.9. The Hall–Kier alpha value is -2.19. The summed E-state index contributed by atoms with van der Waals surface area (Å²) in [5.74, 6) is -0.268. The van der Waals surface area contributed by atoms with Gasteiger partial charge in [-0.05, 0) is 48.6 Å². The molecule has 6 nitrogen and oxygen atoms in total. The molecule has 6 atom stereocenters. The lowest BCUT2D eigenvalue weighted by Crippen LogP contribution is -2.37. The lowest BCUT2D eigenvalue weighted by molar-refractivity contribution is -0.123. The largest absolute Gasteiger partial charge is 0.497 e. The Kier molecular flexibility index (Phi) is 5.17. The first-order valence-electron chi connectivity index (χ1n) is 10.1. The van der Waals surface area contributed by atoms with Gasteiger partial charge >= 0.3 is 0 Å². The number of halogens is 2. The molecule has 2 aliphatic carbocycles. The second-order valence-electron chi connectivity index (χ2n) is 8.25. The number of nitrogens with one attached hydrogen (secondary N) is 1. The van der Waals surface area contributed by atoms with Gasteiger partial charge in [0.15, 0.2) is 0 Å². The smallest absolute Gasteiger partial charge is 0.255 e. The molecule has 0 spiro atoms. The van der Waals surface area contributed by atoms with Gasteiger partial charge in [0.1, 0.15) is 5.75 Å². The topological polar surface area (TPSA) is 75.7 Å². The molecule has 1 heterocycles. The third kappa shape index (κ3) is 3.22. The number of imide groups is 1. The number of benzene rings is 2. The van der Waals surface area contributed by atoms with Crippen molar-refractivity contribution in [2.45, 2.75) is 16.1 Å². The van der Waals surface area contributed by atoms with E-state index in [1.54, 1.807) is 55.6 Å². The van der Waals surface area contributed by atoms with Gasteiger partial charge in [-0.15, -0.1) is 0 Å². The first-order valence-corrected chi connectivity index (χ1v) is 11.9. The Morgan fingerprint density at radius 3 is 2.29 bits per heavy atom. The molecule has 0 unspecified atom stereocenters. The molecule has 5 rings (SSSR count). The van der Waals surface area contributed by atoms with Gasteiger partial charge in [-0.3, -0.25) is 19.3 Å². The molecule has 3 fully saturated rings. The van der Waals surface area contributed by atoms with Crippen LogP contribution in [0.4, 0.5) is 11.4 Å². The van der Waals surface area contributed by atoms with Gasteiger partial charge in [0, 0.05) is 27.0 Å². The molecule has 1 N–H and O–H groups in total. The summed E-state index contributed by atoms with van der Waals surface area (Å²) in [6.07, 6.45) is 0.884. The minimum atomic E-state index is -0.324. The average molecular weight is 548 g/mol. The lowest BCUT2D eigenvalue weighted by atomic mass is 9.81. The zero-order valence-corrected chi connectivity index (χ0v) is 19.8. The summed E-state index contributed by atoms with van der Waals surface area (Å²) in [7, 11) is 1.56. The van der Waals surface area contributed by atoms with Crippen LogP contribution in [0.3, 0.4) is 0 Å². The van der Waals surface area contributed by atoms with E-state index in [2.05, 4.69) is 37.2 Å². The number of hydrogen-bond donors (Lipinski definition) is 1. The maximum atomic E-state index is 13.2. The lowest BCUT2D eigenvalue weighted by Gasteiger charge is -2.28. The van der Waals surface area contributed by atoms with Crippen LogP contribution in [0.2, 0.25) is 0 Å². The van der Waals surface area contributed by atoms with Crippen LogP contribution in [0.25, 0.3) is 0 Å². The van der Waals surface area contributed by atoms with Crippen LogP contribution in [-0.2, 0) is 9.59 Å². The Morgan fingerprint density at radius 1 is 1.00 bits per heavy atom. The molecule has 2 saturated carbocycles. The standard InChI is InChI=1S/C23H20Br2N2O4/c1-31-14-7-3-5-12(9-14)26-21(28)11-4-2-6-13(8-11)27-22(29)17-15-10-16(18(17)23(27)30)20(25)19(15)24/h2-9,15-20H,10H2,1H3,(H,26,28)/t15-,16-,17-,18-,19-,20+/m1/s1. The van der Waals surface area contributed by atoms with Crippen LogP contribution in [-0.4, -0.2) is 34.5 Å². The Balaban J connectivity index is 1.40. The summed E-state index contributed by atoms with van der Waals surface area (Å²) in [5.41, 5.74) is 1.41. The number of carbonyl (C=O) groups is 3. The number of fused-ring (bicyclic) bond motifs is 5. The number of methoxy groups -OCH3 is 1. The van der Waals surface area contributed by atoms with E-state index in [1.807, 2.05) is 0 Å². The zero-order chi connectivity index (χ0) is 21.9. The molecule has 31 heavy (non-hydrogen) atoms. The van der Waals surface area contributed by atoms with Gasteiger partial charge in [-0.1, -0.05) is 44.0 Å². The SMILES string of the molecule is COc1cccc(NC(=O)c2cccc(N3C(=O)[C@@H]4[C@H]5C[C@@H]([C@@H](Br)[C@H]5Br)[C@H]4C3=O)c2)c1. The Bertz CT molecular complexity index is 1060. The van der Waals surface area contributed by atoms with Gasteiger partial charge in [0.05, 0.1) is 24.6 Å². The van der Waals surface area contributed by atoms with Crippen LogP contribution in [0.15, 0.2) is 48.5 Å². The van der Waals surface area contributed by atoms with Gasteiger partial charge in [-0.2, -0.15) is 0 Å². The van der Waals surface area contributed by atoms with Crippen molar-refractivity contribution in [3.63, 3.8) is 0 Å². The number of ether oxygens (including phenoxy) is 1. The monoisotopic (exact) mass is 546 g/mol. The fraction of sp³-hybridized carbons (Fsp3) is 0.348. The van der Waals surface area contributed by atoms with Gasteiger partial charge in [0.2, 0.25) is 11.8 Å². The van der Waals surface area contributed by atoms with E-state index in [0.29, 0.717) is 22.7 Å². The molecule has 3 aliphatic rings. The van der Waals surface area contributed by atoms with E-state index in [4.69, 9.17) is 4.74 Å². The van der Waals surface area contributed by atoms with E-state index in [9.17, 15) is 14.4 Å². The van der Waals surface area contributed by atoms with E-state index < -0.39 is 0 Å². The molecular formula is C23H20Br2N2O4. The van der Waals surface area contributed by atoms with Gasteiger partial charge in [-0.25, -0.2) is 0 Å². The van der Waals surface area contributed by atoms with E-state index in [1.165, 1.54) is 4.90 Å². The van der Waals surface area contributed by atoms with Crippen molar-refractivity contribution in [1.29, 1.82) is 0 Å². The molecule has 2 bridgehead atoms. The molecule has 0 aromatic heterocycles. The predicted molar refractivity (Wildman–Crippen MR) is 124 cm³/mol. The van der Waals surface area contributed by atoms with Crippen molar-refractivity contribution in [1.82, 2.24) is 0 Å². The highest BCUT2D eigenvalue weighted by Crippen LogP contribution is 2.60. The number of alkyl halides is 2. The van der Waals surface area contributed by atoms with Crippen molar-refractivity contribution in [2.24, 2.45) is 23.7 Å². The third-order valence-corrected chi connectivity index (χ3v) is 9.89. The summed E-state index contributed by atoms with van der Waals surface area (Å²) in [6, 6.07) is 13.7. The fourth-order valence-electron chi connectivity index (χ4n) is 5.29. The third-order valence-electron chi connectivity index (χ3n) is 6.68. The molecule has 2 aromatic rings. The summed E-state index contributed by atoms with van der Waals surface area (Å²) in [6.45, 7) is 0. The number of hydrogen-bond acceptors (Lipinski definition) is 4. The van der Waals surface area contributed by atoms with Crippen LogP contribution in [0.1, 0.15) is 16.8 Å². The Labute approximate surface area is 196 Å². The quantitative estimate of drug-likeness (QED) is 0.459. The predicted octanol–water partition coefficient (Wildman–Crippen LogP) is 4.23. The fourth-order valence-corrected chi connectivity index (χ4v) is 7.17. The molecule has 2 aromatic carbocycles. The molecule has 1 aliphatic heterocycles. The molecule has 1 saturated heterocycles. The molecule has 3 amide bonds. The summed E-state index contributed by atoms with van der Waals surface area (Å²) < 4.78 is 5.19. The number of nitrogens with zero attached hydrogens (tertiary/aromatic N) is 1. The normalized spacial score (nSPS) is 31.1. The van der Waals surface area contributed by atoms with Crippen molar-refractivity contribution >= 4 is 61.0 Å². The maximum Gasteiger partial charge on any atom is 0.255 e. The van der Waals surface area contributed by atoms with Gasteiger partial charge in [0.25, 0.3) is 5.91 Å². The zero-order valence-electron chi connectivity index (χ0n) is 16.6. The van der Waals surface area contributed by atoms with E-state index >= 15 is 0 Å². The van der Waals surface area contributed by atoms with Gasteiger partial charge < -0.3 is 10.1 Å². The number of anilines is 2. The van der Waals surface area contributed by atoms with E-state index in [0.717, 1.165) is 6.42 Å². The second kappa shape index (κ2) is 7.74. The summed E-state index contributed by atoms with van der Waals surface area (Å²) >= 11 is 7.40. The minimum absolute atomic E-state index is 0.153. The van der Waals surface area contributed by atoms with Crippen molar-refractivity contribution < 1.29 is 19.1 Å². The van der Waals surface area contributed by atoms with Crippen LogP contribution in [0, 0.1) is 23.7 Å². The second-order valence-corrected chi connectivity index (χ2v) is 10.4. The molecule has 160 valence electrons. The number of carbonyl (C=O) groups excluding carboxylic acids is 3. The van der Waals surface area contributed by atoms with Crippen LogP contribution in [0.5, 0.6) is 5.75 Å². The van der Waals surface area contributed by atoms with Crippen molar-refractivity contribution in [3.05, 3.63) is 54.1 Å². The van der Waals surface area contributed by atoms with Crippen LogP contribution >= 0.6 is 31.9 Å². The maximum absolute atomic E-state index is 13.2. The molecular weight excluding hydrogens is 528 g/mol. The highest BCUT2D eigenvalue weighted by molar-refractivity contribution is 9.12. The Morgan fingerprint density at radius 2 is 1.65 bits per heavy atom. The van der Waals surface area contributed by atoms with E-state index in [-0.39, 0.29) is 51.0 Å². The van der Waals surface area contributed by atoms with Crippen LogP contribution < -0.4 is 15.0 Å². The highest BCUT2D eigenvalue weighted by Gasteiger charge is 2.66. The molecule has 8 heteroatoms. The average Bonchev–Trinajstić information content (AvgIpc) is 3.38.